The highest BCUT2D eigenvalue weighted by Crippen LogP contribution is 2.38. The van der Waals surface area contributed by atoms with Gasteiger partial charge in [-0.2, -0.15) is 5.10 Å². The second-order valence-electron chi connectivity index (χ2n) is 7.01. The molecule has 2 heterocycles. The van der Waals surface area contributed by atoms with Gasteiger partial charge in [-0.1, -0.05) is 12.1 Å². The van der Waals surface area contributed by atoms with E-state index < -0.39 is 15.9 Å². The Labute approximate surface area is 174 Å². The lowest BCUT2D eigenvalue weighted by molar-refractivity contribution is 0.256. The van der Waals surface area contributed by atoms with Gasteiger partial charge in [0.15, 0.2) is 14.9 Å². The van der Waals surface area contributed by atoms with E-state index in [1.807, 2.05) is 12.1 Å². The van der Waals surface area contributed by atoms with Crippen LogP contribution in [0.4, 0.5) is 10.5 Å². The van der Waals surface area contributed by atoms with E-state index in [-0.39, 0.29) is 5.03 Å². The van der Waals surface area contributed by atoms with Gasteiger partial charge in [-0.3, -0.25) is 4.68 Å². The highest BCUT2D eigenvalue weighted by Gasteiger charge is 2.23. The molecule has 0 radical (unpaired) electrons. The van der Waals surface area contributed by atoms with E-state index in [2.05, 4.69) is 26.2 Å². The predicted octanol–water partition coefficient (Wildman–Crippen LogP) is 3.12. The summed E-state index contributed by atoms with van der Waals surface area (Å²) in [6.07, 6.45) is 5.98. The lowest BCUT2D eigenvalue weighted by Gasteiger charge is -2.17. The van der Waals surface area contributed by atoms with Gasteiger partial charge in [0.25, 0.3) is 0 Å². The van der Waals surface area contributed by atoms with Crippen LogP contribution in [-0.2, 0) is 29.8 Å². The molecule has 1 aliphatic carbocycles. The van der Waals surface area contributed by atoms with Gasteiger partial charge >= 0.3 is 6.03 Å². The van der Waals surface area contributed by atoms with Gasteiger partial charge in [0.1, 0.15) is 0 Å². The fourth-order valence-electron chi connectivity index (χ4n) is 3.61. The number of carbonyl (C=O) groups excluding carboxylic acids is 1. The molecule has 1 atom stereocenters. The summed E-state index contributed by atoms with van der Waals surface area (Å²) in [4.78, 5) is 16.9. The van der Waals surface area contributed by atoms with E-state index in [1.54, 1.807) is 32.6 Å². The number of ether oxygens (including phenoxy) is 1. The molecule has 2 amide bonds. The molecule has 30 heavy (non-hydrogen) atoms. The summed E-state index contributed by atoms with van der Waals surface area (Å²) < 4.78 is 29.6. The van der Waals surface area contributed by atoms with Gasteiger partial charge < -0.3 is 10.1 Å². The first kappa shape index (κ1) is 19.9. The molecule has 3 N–H and O–H groups in total. The molecule has 3 aromatic rings. The number of aromatic nitrogens is 3. The van der Waals surface area contributed by atoms with Crippen molar-refractivity contribution in [2.75, 3.05) is 12.4 Å². The molecular formula is C20H22N6O3S. The molecule has 0 saturated heterocycles. The second-order valence-corrected chi connectivity index (χ2v) is 8.74. The number of hydrogen-bond donors (Lipinski definition) is 3. The first-order chi connectivity index (χ1) is 14.4. The van der Waals surface area contributed by atoms with E-state index in [0.717, 1.165) is 36.0 Å². The number of aryl methyl sites for hydroxylation is 2. The Morgan fingerprint density at radius 3 is 2.83 bits per heavy atom. The van der Waals surface area contributed by atoms with Crippen LogP contribution in [0, 0.1) is 4.78 Å². The van der Waals surface area contributed by atoms with Crippen LogP contribution in [0.25, 0.3) is 11.1 Å². The Morgan fingerprint density at radius 1 is 1.27 bits per heavy atom. The maximum Gasteiger partial charge on any atom is 0.332 e. The second kappa shape index (κ2) is 7.79. The standard InChI is InChI=1S/C20H22N6O3S/c1-26-11-9-18(24-26)30(21,28)25-20(27)23-19-15-5-3-4-13(15)6-7-16(19)14-8-10-22-17(12-14)29-2/h6-12H,3-5H2,1-2H3,(H3,21,23,25,27,28). The average Bonchev–Trinajstić information content (AvgIpc) is 3.37. The Kier molecular flexibility index (Phi) is 5.17. The number of urea groups is 1. The highest BCUT2D eigenvalue weighted by molar-refractivity contribution is 7.91. The number of hydrogen-bond acceptors (Lipinski definition) is 6. The summed E-state index contributed by atoms with van der Waals surface area (Å²) in [5.74, 6) is 0.465. The molecule has 9 nitrogen and oxygen atoms in total. The minimum atomic E-state index is -3.58. The zero-order valence-corrected chi connectivity index (χ0v) is 17.5. The predicted molar refractivity (Wildman–Crippen MR) is 113 cm³/mol. The van der Waals surface area contributed by atoms with Crippen molar-refractivity contribution in [1.82, 2.24) is 19.5 Å². The number of pyridine rings is 1. The molecule has 0 fully saturated rings. The minimum absolute atomic E-state index is 0.00228. The van der Waals surface area contributed by atoms with Gasteiger partial charge in [-0.15, -0.1) is 0 Å². The number of methoxy groups -OCH3 is 1. The molecule has 0 bridgehead atoms. The third-order valence-electron chi connectivity index (χ3n) is 5.00. The van der Waals surface area contributed by atoms with Gasteiger partial charge in [-0.05, 0) is 48.1 Å². The normalized spacial score (nSPS) is 14.6. The van der Waals surface area contributed by atoms with Crippen LogP contribution in [0.1, 0.15) is 17.5 Å². The Balaban J connectivity index is 1.68. The lowest BCUT2D eigenvalue weighted by Crippen LogP contribution is -2.34. The number of rotatable bonds is 5. The summed E-state index contributed by atoms with van der Waals surface area (Å²) in [6.45, 7) is 0. The monoisotopic (exact) mass is 426 g/mol. The minimum Gasteiger partial charge on any atom is -0.481 e. The van der Waals surface area contributed by atoms with E-state index in [0.29, 0.717) is 11.6 Å². The Bertz CT molecular complexity index is 1220. The number of nitrogens with zero attached hydrogens (tertiary/aromatic N) is 3. The van der Waals surface area contributed by atoms with Crippen molar-refractivity contribution in [3.63, 3.8) is 0 Å². The van der Waals surface area contributed by atoms with Gasteiger partial charge in [0.2, 0.25) is 5.88 Å². The van der Waals surface area contributed by atoms with E-state index in [1.165, 1.54) is 16.3 Å². The van der Waals surface area contributed by atoms with Crippen molar-refractivity contribution >= 4 is 21.6 Å². The molecule has 156 valence electrons. The molecule has 4 rings (SSSR count). The number of fused-ring (bicyclic) bond motifs is 1. The summed E-state index contributed by atoms with van der Waals surface area (Å²) in [7, 11) is -0.385. The zero-order valence-electron chi connectivity index (χ0n) is 16.6. The highest BCUT2D eigenvalue weighted by atomic mass is 32.2. The maximum absolute atomic E-state index is 12.7. The Morgan fingerprint density at radius 2 is 2.10 bits per heavy atom. The zero-order chi connectivity index (χ0) is 21.3. The van der Waals surface area contributed by atoms with Crippen LogP contribution >= 0.6 is 0 Å². The van der Waals surface area contributed by atoms with Crippen LogP contribution in [0.5, 0.6) is 5.88 Å². The smallest absolute Gasteiger partial charge is 0.332 e. The van der Waals surface area contributed by atoms with Crippen LogP contribution in [0.3, 0.4) is 0 Å². The summed E-state index contributed by atoms with van der Waals surface area (Å²) in [5.41, 5.74) is 4.51. The van der Waals surface area contributed by atoms with Crippen molar-refractivity contribution < 1.29 is 13.7 Å². The van der Waals surface area contributed by atoms with E-state index in [9.17, 15) is 9.00 Å². The van der Waals surface area contributed by atoms with Crippen molar-refractivity contribution in [2.24, 2.45) is 7.05 Å². The first-order valence-corrected chi connectivity index (χ1v) is 11.0. The molecule has 0 aliphatic heterocycles. The molecule has 0 spiro atoms. The molecular weight excluding hydrogens is 404 g/mol. The first-order valence-electron chi connectivity index (χ1n) is 9.40. The summed E-state index contributed by atoms with van der Waals surface area (Å²) in [6, 6.07) is 8.37. The van der Waals surface area contributed by atoms with Crippen molar-refractivity contribution in [3.05, 3.63) is 53.9 Å². The Hall–Kier alpha value is -3.40. The van der Waals surface area contributed by atoms with Crippen LogP contribution in [0.2, 0.25) is 0 Å². The topological polar surface area (TPSA) is 122 Å². The molecule has 1 aromatic carbocycles. The van der Waals surface area contributed by atoms with Crippen LogP contribution in [-0.4, -0.2) is 32.1 Å². The van der Waals surface area contributed by atoms with E-state index in [4.69, 9.17) is 9.52 Å². The summed E-state index contributed by atoms with van der Waals surface area (Å²) >= 11 is 0. The fourth-order valence-corrected chi connectivity index (χ4v) is 4.52. The molecule has 1 unspecified atom stereocenters. The molecule has 1 aliphatic rings. The molecule has 0 saturated carbocycles. The number of anilines is 1. The van der Waals surface area contributed by atoms with Gasteiger partial charge in [0.05, 0.1) is 12.8 Å². The van der Waals surface area contributed by atoms with Crippen LogP contribution < -0.4 is 14.8 Å². The molecule has 2 aromatic heterocycles. The number of nitrogens with one attached hydrogen (secondary N) is 3. The van der Waals surface area contributed by atoms with Gasteiger partial charge in [0, 0.05) is 31.1 Å². The fraction of sp³-hybridized carbons (Fsp3) is 0.250. The average molecular weight is 427 g/mol. The van der Waals surface area contributed by atoms with Crippen molar-refractivity contribution in [1.29, 1.82) is 4.78 Å². The quantitative estimate of drug-likeness (QED) is 0.579. The number of carbonyl (C=O) groups is 1. The van der Waals surface area contributed by atoms with E-state index >= 15 is 0 Å². The third-order valence-corrected chi connectivity index (χ3v) is 6.28. The SMILES string of the molecule is COc1cc(-c2ccc3c(c2NC(=O)NS(=N)(=O)c2ccn(C)n2)CCC3)ccn1. The third kappa shape index (κ3) is 3.86. The maximum atomic E-state index is 12.7. The largest absolute Gasteiger partial charge is 0.481 e. The number of amides is 2. The van der Waals surface area contributed by atoms with Crippen LogP contribution in [0.15, 0.2) is 47.8 Å². The lowest BCUT2D eigenvalue weighted by atomic mass is 9.98. The number of benzene rings is 1. The van der Waals surface area contributed by atoms with Crippen molar-refractivity contribution in [3.8, 4) is 17.0 Å². The van der Waals surface area contributed by atoms with Crippen molar-refractivity contribution in [2.45, 2.75) is 24.3 Å². The summed E-state index contributed by atoms with van der Waals surface area (Å²) in [5, 5.41) is 6.81. The van der Waals surface area contributed by atoms with Gasteiger partial charge in [-0.25, -0.2) is 23.5 Å². The molecule has 10 heteroatoms.